The van der Waals surface area contributed by atoms with Gasteiger partial charge in [0.2, 0.25) is 5.91 Å². The molecule has 1 atom stereocenters. The second-order valence-corrected chi connectivity index (χ2v) is 6.63. The minimum absolute atomic E-state index is 0.0477. The summed E-state index contributed by atoms with van der Waals surface area (Å²) < 4.78 is 0. The summed E-state index contributed by atoms with van der Waals surface area (Å²) in [6.07, 6.45) is 7.44. The van der Waals surface area contributed by atoms with Gasteiger partial charge in [-0.1, -0.05) is 43.5 Å². The van der Waals surface area contributed by atoms with Gasteiger partial charge < -0.3 is 10.2 Å². The van der Waals surface area contributed by atoms with E-state index < -0.39 is 0 Å². The van der Waals surface area contributed by atoms with E-state index in [0.717, 1.165) is 19.5 Å². The molecule has 1 amide bonds. The Morgan fingerprint density at radius 2 is 1.90 bits per heavy atom. The molecule has 1 aromatic rings. The maximum atomic E-state index is 12.6. The smallest absolute Gasteiger partial charge is 0.239 e. The number of benzene rings is 1. The van der Waals surface area contributed by atoms with Crippen molar-refractivity contribution in [3.8, 4) is 0 Å². The zero-order valence-corrected chi connectivity index (χ0v) is 13.0. The van der Waals surface area contributed by atoms with E-state index in [0.29, 0.717) is 5.92 Å². The van der Waals surface area contributed by atoms with Crippen molar-refractivity contribution in [1.82, 2.24) is 10.2 Å². The minimum Gasteiger partial charge on any atom is -0.344 e. The highest BCUT2D eigenvalue weighted by atomic mass is 16.2. The predicted octanol–water partition coefficient (Wildman–Crippen LogP) is 2.74. The summed E-state index contributed by atoms with van der Waals surface area (Å²) in [5, 5.41) is 3.40. The van der Waals surface area contributed by atoms with Gasteiger partial charge >= 0.3 is 0 Å². The summed E-state index contributed by atoms with van der Waals surface area (Å²) in [5.41, 5.74) is 2.65. The molecular formula is C18H26N2O. The van der Waals surface area contributed by atoms with E-state index in [1.807, 2.05) is 11.9 Å². The quantitative estimate of drug-likeness (QED) is 0.926. The van der Waals surface area contributed by atoms with Crippen LogP contribution in [0, 0.1) is 5.92 Å². The second-order valence-electron chi connectivity index (χ2n) is 6.63. The van der Waals surface area contributed by atoms with Crippen molar-refractivity contribution < 1.29 is 4.79 Å². The van der Waals surface area contributed by atoms with Gasteiger partial charge in [0.1, 0.15) is 0 Å². The van der Waals surface area contributed by atoms with Crippen LogP contribution in [0.25, 0.3) is 0 Å². The van der Waals surface area contributed by atoms with Gasteiger partial charge in [0.05, 0.1) is 6.04 Å². The molecular weight excluding hydrogens is 260 g/mol. The van der Waals surface area contributed by atoms with Gasteiger partial charge in [0.25, 0.3) is 0 Å². The lowest BCUT2D eigenvalue weighted by Gasteiger charge is -2.32. The van der Waals surface area contributed by atoms with Gasteiger partial charge in [-0.25, -0.2) is 0 Å². The molecule has 3 heteroatoms. The van der Waals surface area contributed by atoms with Crippen LogP contribution in [0.15, 0.2) is 24.3 Å². The molecule has 3 rings (SSSR count). The molecule has 0 saturated heterocycles. The number of nitrogens with zero attached hydrogens (tertiary/aromatic N) is 1. The highest BCUT2D eigenvalue weighted by Crippen LogP contribution is 2.24. The average molecular weight is 286 g/mol. The molecule has 1 aliphatic carbocycles. The summed E-state index contributed by atoms with van der Waals surface area (Å²) in [6.45, 7) is 1.74. The number of hydrogen-bond acceptors (Lipinski definition) is 2. The van der Waals surface area contributed by atoms with Crippen LogP contribution in [-0.2, 0) is 17.8 Å². The first-order valence-electron chi connectivity index (χ1n) is 8.29. The Labute approximate surface area is 127 Å². The standard InChI is InChI=1S/C18H26N2O/c1-20(13-14-7-3-2-4-8-14)18(21)17-11-15-9-5-6-10-16(15)12-19-17/h5-6,9-10,14,17,19H,2-4,7-8,11-13H2,1H3/t17-/m1/s1. The topological polar surface area (TPSA) is 32.3 Å². The van der Waals surface area contributed by atoms with Crippen molar-refractivity contribution in [3.63, 3.8) is 0 Å². The Morgan fingerprint density at radius 1 is 1.19 bits per heavy atom. The minimum atomic E-state index is -0.0477. The van der Waals surface area contributed by atoms with Crippen LogP contribution in [-0.4, -0.2) is 30.4 Å². The van der Waals surface area contributed by atoms with Crippen LogP contribution >= 0.6 is 0 Å². The van der Waals surface area contributed by atoms with Crippen molar-refractivity contribution in [2.45, 2.75) is 51.1 Å². The van der Waals surface area contributed by atoms with E-state index in [2.05, 4.69) is 29.6 Å². The van der Waals surface area contributed by atoms with Crippen LogP contribution in [0.3, 0.4) is 0 Å². The summed E-state index contributed by atoms with van der Waals surface area (Å²) in [5.74, 6) is 0.971. The van der Waals surface area contributed by atoms with Crippen LogP contribution < -0.4 is 5.32 Å². The molecule has 21 heavy (non-hydrogen) atoms. The van der Waals surface area contributed by atoms with E-state index in [1.54, 1.807) is 0 Å². The maximum absolute atomic E-state index is 12.6. The summed E-state index contributed by atoms with van der Waals surface area (Å²) in [4.78, 5) is 14.6. The molecule has 0 radical (unpaired) electrons. The molecule has 2 aliphatic rings. The zero-order valence-electron chi connectivity index (χ0n) is 13.0. The van der Waals surface area contributed by atoms with Gasteiger partial charge in [-0.3, -0.25) is 4.79 Å². The van der Waals surface area contributed by atoms with Gasteiger partial charge in [-0.15, -0.1) is 0 Å². The number of nitrogens with one attached hydrogen (secondary N) is 1. The highest BCUT2D eigenvalue weighted by molar-refractivity contribution is 5.82. The highest BCUT2D eigenvalue weighted by Gasteiger charge is 2.27. The maximum Gasteiger partial charge on any atom is 0.239 e. The van der Waals surface area contributed by atoms with Gasteiger partial charge in [-0.2, -0.15) is 0 Å². The third-order valence-corrected chi connectivity index (χ3v) is 5.01. The summed E-state index contributed by atoms with van der Waals surface area (Å²) in [7, 11) is 1.97. The number of amides is 1. The van der Waals surface area contributed by atoms with Crippen molar-refractivity contribution in [2.24, 2.45) is 5.92 Å². The van der Waals surface area contributed by atoms with E-state index >= 15 is 0 Å². The van der Waals surface area contributed by atoms with Crippen LogP contribution in [0.5, 0.6) is 0 Å². The van der Waals surface area contributed by atoms with Crippen molar-refractivity contribution in [1.29, 1.82) is 0 Å². The molecule has 1 saturated carbocycles. The Kier molecular flexibility index (Phi) is 4.59. The molecule has 114 valence electrons. The molecule has 1 fully saturated rings. The summed E-state index contributed by atoms with van der Waals surface area (Å²) in [6, 6.07) is 8.38. The molecule has 1 aliphatic heterocycles. The molecule has 1 N–H and O–H groups in total. The number of hydrogen-bond donors (Lipinski definition) is 1. The van der Waals surface area contributed by atoms with Crippen LogP contribution in [0.2, 0.25) is 0 Å². The number of carbonyl (C=O) groups is 1. The Balaban J connectivity index is 1.58. The van der Waals surface area contributed by atoms with Crippen molar-refractivity contribution in [3.05, 3.63) is 35.4 Å². The molecule has 0 spiro atoms. The molecule has 1 aromatic carbocycles. The zero-order chi connectivity index (χ0) is 14.7. The average Bonchev–Trinajstić information content (AvgIpc) is 2.54. The van der Waals surface area contributed by atoms with E-state index in [1.165, 1.54) is 43.2 Å². The first-order chi connectivity index (χ1) is 10.2. The fraction of sp³-hybridized carbons (Fsp3) is 0.611. The van der Waals surface area contributed by atoms with E-state index in [-0.39, 0.29) is 11.9 Å². The Bertz CT molecular complexity index is 494. The second kappa shape index (κ2) is 6.61. The SMILES string of the molecule is CN(CC1CCCCC1)C(=O)[C@H]1Cc2ccccc2CN1. The summed E-state index contributed by atoms with van der Waals surface area (Å²) >= 11 is 0. The molecule has 0 unspecified atom stereocenters. The lowest BCUT2D eigenvalue weighted by atomic mass is 9.88. The van der Waals surface area contributed by atoms with Crippen LogP contribution in [0.1, 0.15) is 43.2 Å². The lowest BCUT2D eigenvalue weighted by molar-refractivity contribution is -0.133. The Hall–Kier alpha value is -1.35. The number of fused-ring (bicyclic) bond motifs is 1. The molecule has 1 heterocycles. The van der Waals surface area contributed by atoms with Gasteiger partial charge in [0.15, 0.2) is 0 Å². The fourth-order valence-corrected chi connectivity index (χ4v) is 3.74. The first kappa shape index (κ1) is 14.6. The van der Waals surface area contributed by atoms with E-state index in [9.17, 15) is 4.79 Å². The molecule has 3 nitrogen and oxygen atoms in total. The largest absolute Gasteiger partial charge is 0.344 e. The van der Waals surface area contributed by atoms with E-state index in [4.69, 9.17) is 0 Å². The first-order valence-corrected chi connectivity index (χ1v) is 8.29. The van der Waals surface area contributed by atoms with Gasteiger partial charge in [0, 0.05) is 20.1 Å². The van der Waals surface area contributed by atoms with Gasteiger partial charge in [-0.05, 0) is 36.3 Å². The third-order valence-electron chi connectivity index (χ3n) is 5.01. The number of rotatable bonds is 3. The number of likely N-dealkylation sites (N-methyl/N-ethyl adjacent to an activating group) is 1. The molecule has 0 aromatic heterocycles. The molecule has 0 bridgehead atoms. The number of carbonyl (C=O) groups excluding carboxylic acids is 1. The Morgan fingerprint density at radius 3 is 2.67 bits per heavy atom. The van der Waals surface area contributed by atoms with Crippen molar-refractivity contribution >= 4 is 5.91 Å². The fourth-order valence-electron chi connectivity index (χ4n) is 3.74. The normalized spacial score (nSPS) is 22.6. The van der Waals surface area contributed by atoms with Crippen molar-refractivity contribution in [2.75, 3.05) is 13.6 Å². The predicted molar refractivity (Wildman–Crippen MR) is 85.0 cm³/mol. The van der Waals surface area contributed by atoms with Crippen LogP contribution in [0.4, 0.5) is 0 Å². The lowest BCUT2D eigenvalue weighted by Crippen LogP contribution is -2.49. The monoisotopic (exact) mass is 286 g/mol. The third kappa shape index (κ3) is 3.46.